The van der Waals surface area contributed by atoms with E-state index in [-0.39, 0.29) is 5.60 Å². The summed E-state index contributed by atoms with van der Waals surface area (Å²) in [6.45, 7) is 3.24. The Hall–Kier alpha value is -0.860. The molecule has 1 spiro atoms. The van der Waals surface area contributed by atoms with Crippen molar-refractivity contribution in [3.05, 3.63) is 35.9 Å². The van der Waals surface area contributed by atoms with Crippen LogP contribution in [0.2, 0.25) is 0 Å². The van der Waals surface area contributed by atoms with Crippen molar-refractivity contribution in [1.82, 2.24) is 5.32 Å². The Balaban J connectivity index is 1.51. The Morgan fingerprint density at radius 2 is 1.95 bits per heavy atom. The van der Waals surface area contributed by atoms with Crippen molar-refractivity contribution in [2.45, 2.75) is 69.6 Å². The first-order valence-corrected chi connectivity index (χ1v) is 8.27. The van der Waals surface area contributed by atoms with E-state index in [0.29, 0.717) is 12.1 Å². The van der Waals surface area contributed by atoms with Gasteiger partial charge in [0, 0.05) is 12.6 Å². The first-order chi connectivity index (χ1) is 9.81. The van der Waals surface area contributed by atoms with Crippen molar-refractivity contribution < 1.29 is 4.74 Å². The van der Waals surface area contributed by atoms with Crippen LogP contribution in [0.5, 0.6) is 0 Å². The lowest BCUT2D eigenvalue weighted by Gasteiger charge is -2.25. The minimum Gasteiger partial charge on any atom is -0.370 e. The second-order valence-electron chi connectivity index (χ2n) is 6.45. The van der Waals surface area contributed by atoms with Crippen molar-refractivity contribution in [1.29, 1.82) is 0 Å². The minimum atomic E-state index is 0.265. The number of nitrogens with one attached hydrogen (secondary N) is 1. The summed E-state index contributed by atoms with van der Waals surface area (Å²) in [5.74, 6) is 0. The van der Waals surface area contributed by atoms with Gasteiger partial charge in [0.25, 0.3) is 0 Å². The molecule has 1 saturated heterocycles. The standard InChI is InChI=1S/C18H27NO/c1-2-17(15-8-4-3-5-9-15)19-14-16-10-13-18(20-16)11-6-7-12-18/h3-5,8-9,16-17,19H,2,6-7,10-14H2,1H3. The highest BCUT2D eigenvalue weighted by Crippen LogP contribution is 2.43. The van der Waals surface area contributed by atoms with E-state index in [1.807, 2.05) is 0 Å². The summed E-state index contributed by atoms with van der Waals surface area (Å²) in [4.78, 5) is 0. The maximum Gasteiger partial charge on any atom is 0.0708 e. The molecule has 2 heteroatoms. The molecule has 110 valence electrons. The summed E-state index contributed by atoms with van der Waals surface area (Å²) in [6, 6.07) is 11.2. The van der Waals surface area contributed by atoms with E-state index < -0.39 is 0 Å². The van der Waals surface area contributed by atoms with Gasteiger partial charge in [0.1, 0.15) is 0 Å². The molecule has 1 N–H and O–H groups in total. The van der Waals surface area contributed by atoms with Crippen LogP contribution >= 0.6 is 0 Å². The number of benzene rings is 1. The lowest BCUT2D eigenvalue weighted by atomic mass is 9.98. The summed E-state index contributed by atoms with van der Waals surface area (Å²) in [6.07, 6.45) is 9.37. The van der Waals surface area contributed by atoms with Gasteiger partial charge in [0.05, 0.1) is 11.7 Å². The second kappa shape index (κ2) is 6.28. The monoisotopic (exact) mass is 273 g/mol. The maximum absolute atomic E-state index is 6.38. The van der Waals surface area contributed by atoms with Crippen molar-refractivity contribution in [3.63, 3.8) is 0 Å². The Morgan fingerprint density at radius 3 is 2.65 bits per heavy atom. The summed E-state index contributed by atoms with van der Waals surface area (Å²) in [5, 5.41) is 3.71. The zero-order valence-electron chi connectivity index (χ0n) is 12.6. The minimum absolute atomic E-state index is 0.265. The summed E-state index contributed by atoms with van der Waals surface area (Å²) in [5.41, 5.74) is 1.66. The van der Waals surface area contributed by atoms with E-state index in [2.05, 4.69) is 42.6 Å². The molecule has 1 saturated carbocycles. The molecule has 2 aliphatic rings. The highest BCUT2D eigenvalue weighted by molar-refractivity contribution is 5.18. The molecule has 1 aliphatic heterocycles. The van der Waals surface area contributed by atoms with Gasteiger partial charge in [0.2, 0.25) is 0 Å². The number of rotatable bonds is 5. The molecule has 0 bridgehead atoms. The average molecular weight is 273 g/mol. The number of hydrogen-bond acceptors (Lipinski definition) is 2. The highest BCUT2D eigenvalue weighted by atomic mass is 16.5. The highest BCUT2D eigenvalue weighted by Gasteiger charge is 2.41. The van der Waals surface area contributed by atoms with Crippen LogP contribution in [0.4, 0.5) is 0 Å². The fourth-order valence-electron chi connectivity index (χ4n) is 3.88. The van der Waals surface area contributed by atoms with Crippen molar-refractivity contribution in [2.75, 3.05) is 6.54 Å². The zero-order chi connectivity index (χ0) is 13.8. The van der Waals surface area contributed by atoms with Crippen LogP contribution in [-0.2, 0) is 4.74 Å². The van der Waals surface area contributed by atoms with Gasteiger partial charge in [-0.25, -0.2) is 0 Å². The molecule has 2 unspecified atom stereocenters. The number of ether oxygens (including phenoxy) is 1. The van der Waals surface area contributed by atoms with Gasteiger partial charge < -0.3 is 10.1 Å². The molecular formula is C18H27NO. The molecule has 1 aliphatic carbocycles. The summed E-state index contributed by atoms with van der Waals surface area (Å²) < 4.78 is 6.38. The first-order valence-electron chi connectivity index (χ1n) is 8.27. The largest absolute Gasteiger partial charge is 0.370 e. The zero-order valence-corrected chi connectivity index (χ0v) is 12.6. The number of hydrogen-bond donors (Lipinski definition) is 1. The lowest BCUT2D eigenvalue weighted by Crippen LogP contribution is -2.33. The molecule has 2 fully saturated rings. The van der Waals surface area contributed by atoms with E-state index in [1.165, 1.54) is 44.1 Å². The predicted molar refractivity (Wildman–Crippen MR) is 82.8 cm³/mol. The maximum atomic E-state index is 6.38. The molecule has 1 aromatic rings. The van der Waals surface area contributed by atoms with Crippen LogP contribution < -0.4 is 5.32 Å². The second-order valence-corrected chi connectivity index (χ2v) is 6.45. The lowest BCUT2D eigenvalue weighted by molar-refractivity contribution is -0.0359. The van der Waals surface area contributed by atoms with Crippen LogP contribution in [0.1, 0.15) is 63.5 Å². The van der Waals surface area contributed by atoms with Crippen molar-refractivity contribution in [2.24, 2.45) is 0 Å². The van der Waals surface area contributed by atoms with Crippen LogP contribution in [0.15, 0.2) is 30.3 Å². The molecule has 0 amide bonds. The van der Waals surface area contributed by atoms with Gasteiger partial charge in [-0.1, -0.05) is 50.1 Å². The smallest absolute Gasteiger partial charge is 0.0708 e. The molecule has 2 atom stereocenters. The fraction of sp³-hybridized carbons (Fsp3) is 0.667. The molecule has 0 aromatic heterocycles. The van der Waals surface area contributed by atoms with Gasteiger partial charge in [-0.2, -0.15) is 0 Å². The van der Waals surface area contributed by atoms with Gasteiger partial charge in [-0.3, -0.25) is 0 Å². The topological polar surface area (TPSA) is 21.3 Å². The van der Waals surface area contributed by atoms with E-state index in [0.717, 1.165) is 13.0 Å². The fourth-order valence-corrected chi connectivity index (χ4v) is 3.88. The van der Waals surface area contributed by atoms with E-state index >= 15 is 0 Å². The van der Waals surface area contributed by atoms with Crippen molar-refractivity contribution >= 4 is 0 Å². The Kier molecular flexibility index (Phi) is 4.42. The third kappa shape index (κ3) is 3.07. The van der Waals surface area contributed by atoms with Crippen molar-refractivity contribution in [3.8, 4) is 0 Å². The molecule has 1 aromatic carbocycles. The molecule has 0 radical (unpaired) electrons. The molecule has 20 heavy (non-hydrogen) atoms. The Bertz CT molecular complexity index is 411. The summed E-state index contributed by atoms with van der Waals surface area (Å²) in [7, 11) is 0. The van der Waals surface area contributed by atoms with Crippen LogP contribution in [0.25, 0.3) is 0 Å². The first kappa shape index (κ1) is 14.1. The molecular weight excluding hydrogens is 246 g/mol. The third-order valence-electron chi connectivity index (χ3n) is 5.06. The predicted octanol–water partition coefficient (Wildman–Crippen LogP) is 4.22. The Morgan fingerprint density at radius 1 is 1.20 bits per heavy atom. The van der Waals surface area contributed by atoms with Gasteiger partial charge in [-0.15, -0.1) is 0 Å². The van der Waals surface area contributed by atoms with Crippen LogP contribution in [0.3, 0.4) is 0 Å². The van der Waals surface area contributed by atoms with Gasteiger partial charge in [-0.05, 0) is 37.7 Å². The molecule has 1 heterocycles. The van der Waals surface area contributed by atoms with E-state index in [9.17, 15) is 0 Å². The summed E-state index contributed by atoms with van der Waals surface area (Å²) >= 11 is 0. The van der Waals surface area contributed by atoms with Gasteiger partial charge >= 0.3 is 0 Å². The third-order valence-corrected chi connectivity index (χ3v) is 5.06. The quantitative estimate of drug-likeness (QED) is 0.867. The molecule has 2 nitrogen and oxygen atoms in total. The normalized spacial score (nSPS) is 26.1. The average Bonchev–Trinajstić information content (AvgIpc) is 3.11. The van der Waals surface area contributed by atoms with E-state index in [4.69, 9.17) is 4.74 Å². The SMILES string of the molecule is CCC(NCC1CCC2(CCCC2)O1)c1ccccc1. The van der Waals surface area contributed by atoms with Crippen LogP contribution in [-0.4, -0.2) is 18.2 Å². The molecule has 3 rings (SSSR count). The van der Waals surface area contributed by atoms with Gasteiger partial charge in [0.15, 0.2) is 0 Å². The van der Waals surface area contributed by atoms with Crippen LogP contribution in [0, 0.1) is 0 Å². The Labute approximate surface area is 122 Å². The van der Waals surface area contributed by atoms with E-state index in [1.54, 1.807) is 0 Å².